The maximum atomic E-state index is 13.0. The van der Waals surface area contributed by atoms with Crippen LogP contribution in [0, 0.1) is 0 Å². The van der Waals surface area contributed by atoms with E-state index in [0.29, 0.717) is 18.1 Å². The van der Waals surface area contributed by atoms with E-state index in [2.05, 4.69) is 4.98 Å². The fourth-order valence-corrected chi connectivity index (χ4v) is 4.77. The van der Waals surface area contributed by atoms with Gasteiger partial charge in [0.25, 0.3) is 10.0 Å². The van der Waals surface area contributed by atoms with Crippen molar-refractivity contribution in [3.63, 3.8) is 0 Å². The first-order valence-corrected chi connectivity index (χ1v) is 10.5. The summed E-state index contributed by atoms with van der Waals surface area (Å²) in [5.74, 6) is 0.182. The van der Waals surface area contributed by atoms with Gasteiger partial charge in [-0.1, -0.05) is 30.2 Å². The van der Waals surface area contributed by atoms with Crippen molar-refractivity contribution in [3.05, 3.63) is 47.4 Å². The molecule has 25 heavy (non-hydrogen) atoms. The molecular formula is C18H24ClN3O2S. The van der Waals surface area contributed by atoms with Crippen molar-refractivity contribution in [2.24, 2.45) is 0 Å². The van der Waals surface area contributed by atoms with E-state index in [1.807, 2.05) is 42.7 Å². The van der Waals surface area contributed by atoms with E-state index >= 15 is 0 Å². The van der Waals surface area contributed by atoms with Gasteiger partial charge < -0.3 is 4.57 Å². The minimum Gasteiger partial charge on any atom is -0.334 e. The Bertz CT molecular complexity index is 815. The fourth-order valence-electron chi connectivity index (χ4n) is 3.20. The van der Waals surface area contributed by atoms with Crippen molar-refractivity contribution in [1.82, 2.24) is 13.9 Å². The third kappa shape index (κ3) is 4.07. The van der Waals surface area contributed by atoms with Crippen LogP contribution in [0.3, 0.4) is 0 Å². The average Bonchev–Trinajstić information content (AvgIpc) is 2.95. The van der Waals surface area contributed by atoms with Crippen LogP contribution in [-0.4, -0.2) is 35.4 Å². The first-order valence-electron chi connectivity index (χ1n) is 8.67. The van der Waals surface area contributed by atoms with Crippen LogP contribution in [0.15, 0.2) is 41.8 Å². The number of hydrogen-bond acceptors (Lipinski definition) is 3. The van der Waals surface area contributed by atoms with Gasteiger partial charge in [-0.2, -0.15) is 4.31 Å². The van der Waals surface area contributed by atoms with Crippen LogP contribution in [0.1, 0.15) is 50.6 Å². The number of halogens is 1. The molecule has 0 bridgehead atoms. The summed E-state index contributed by atoms with van der Waals surface area (Å²) in [4.78, 5) is 4.14. The topological polar surface area (TPSA) is 55.2 Å². The molecule has 1 aromatic heterocycles. The summed E-state index contributed by atoms with van der Waals surface area (Å²) < 4.78 is 29.5. The Kier molecular flexibility index (Phi) is 5.51. The van der Waals surface area contributed by atoms with Gasteiger partial charge in [-0.05, 0) is 50.3 Å². The maximum absolute atomic E-state index is 13.0. The molecule has 0 radical (unpaired) electrons. The second-order valence-electron chi connectivity index (χ2n) is 6.86. The van der Waals surface area contributed by atoms with Crippen LogP contribution in [-0.2, 0) is 10.0 Å². The lowest BCUT2D eigenvalue weighted by Crippen LogP contribution is -2.34. The molecule has 7 heteroatoms. The van der Waals surface area contributed by atoms with Crippen LogP contribution < -0.4 is 0 Å². The van der Waals surface area contributed by atoms with E-state index in [0.717, 1.165) is 24.8 Å². The first-order chi connectivity index (χ1) is 11.9. The molecule has 1 unspecified atom stereocenters. The first kappa shape index (κ1) is 18.4. The second kappa shape index (κ2) is 7.48. The second-order valence-corrected chi connectivity index (χ2v) is 9.18. The Morgan fingerprint density at radius 1 is 1.20 bits per heavy atom. The highest BCUT2D eigenvalue weighted by atomic mass is 35.5. The smallest absolute Gasteiger partial charge is 0.262 e. The molecule has 0 saturated carbocycles. The van der Waals surface area contributed by atoms with Crippen LogP contribution in [0.4, 0.5) is 0 Å². The number of sulfonamides is 1. The number of hydrogen-bond donors (Lipinski definition) is 0. The van der Waals surface area contributed by atoms with Crippen LogP contribution >= 0.6 is 11.6 Å². The number of benzene rings is 1. The molecule has 1 aromatic carbocycles. The molecule has 0 aliphatic carbocycles. The van der Waals surface area contributed by atoms with Gasteiger partial charge in [0, 0.05) is 30.4 Å². The summed E-state index contributed by atoms with van der Waals surface area (Å²) in [6.07, 6.45) is 6.08. The van der Waals surface area contributed by atoms with Crippen molar-refractivity contribution in [3.8, 4) is 0 Å². The van der Waals surface area contributed by atoms with Gasteiger partial charge in [0.2, 0.25) is 0 Å². The lowest BCUT2D eigenvalue weighted by atomic mass is 9.95. The van der Waals surface area contributed by atoms with Crippen molar-refractivity contribution < 1.29 is 8.42 Å². The standard InChI is InChI=1S/C18H24ClN3O2S/c1-14(2)21-12-18(20-13-21)25(23,24)22-10-4-3-5-16(11-22)15-6-8-17(19)9-7-15/h6-9,12-14,16H,3-5,10-11H2,1-2H3. The largest absolute Gasteiger partial charge is 0.334 e. The quantitative estimate of drug-likeness (QED) is 0.801. The maximum Gasteiger partial charge on any atom is 0.262 e. The minimum absolute atomic E-state index is 0.137. The van der Waals surface area contributed by atoms with E-state index in [4.69, 9.17) is 11.6 Å². The number of rotatable bonds is 4. The number of imidazole rings is 1. The molecule has 1 aliphatic rings. The average molecular weight is 382 g/mol. The predicted molar refractivity (Wildman–Crippen MR) is 99.4 cm³/mol. The molecule has 2 heterocycles. The van der Waals surface area contributed by atoms with Crippen molar-refractivity contribution in [1.29, 1.82) is 0 Å². The molecule has 3 rings (SSSR count). The molecule has 0 N–H and O–H groups in total. The minimum atomic E-state index is -3.57. The highest BCUT2D eigenvalue weighted by molar-refractivity contribution is 7.89. The third-order valence-electron chi connectivity index (χ3n) is 4.75. The summed E-state index contributed by atoms with van der Waals surface area (Å²) in [6.45, 7) is 5.03. The van der Waals surface area contributed by atoms with Crippen LogP contribution in [0.5, 0.6) is 0 Å². The normalized spacial score (nSPS) is 19.9. The van der Waals surface area contributed by atoms with Gasteiger partial charge in [-0.25, -0.2) is 13.4 Å². The predicted octanol–water partition coefficient (Wildman–Crippen LogP) is 4.08. The zero-order chi connectivity index (χ0) is 18.0. The van der Waals surface area contributed by atoms with E-state index in [1.54, 1.807) is 16.8 Å². The number of aromatic nitrogens is 2. The lowest BCUT2D eigenvalue weighted by Gasteiger charge is -2.23. The molecule has 5 nitrogen and oxygen atoms in total. The molecule has 2 aromatic rings. The SMILES string of the molecule is CC(C)n1cnc(S(=O)(=O)N2CCCCC(c3ccc(Cl)cc3)C2)c1. The Morgan fingerprint density at radius 2 is 1.92 bits per heavy atom. The van der Waals surface area contributed by atoms with Gasteiger partial charge in [0.1, 0.15) is 0 Å². The molecule has 1 atom stereocenters. The molecule has 1 aliphatic heterocycles. The van der Waals surface area contributed by atoms with Gasteiger partial charge >= 0.3 is 0 Å². The summed E-state index contributed by atoms with van der Waals surface area (Å²) in [5, 5.41) is 0.832. The van der Waals surface area contributed by atoms with Gasteiger partial charge in [0.05, 0.1) is 6.33 Å². The van der Waals surface area contributed by atoms with E-state index in [9.17, 15) is 8.42 Å². The monoisotopic (exact) mass is 381 g/mol. The summed E-state index contributed by atoms with van der Waals surface area (Å²) in [6, 6.07) is 7.91. The van der Waals surface area contributed by atoms with Crippen molar-refractivity contribution in [2.75, 3.05) is 13.1 Å². The summed E-state index contributed by atoms with van der Waals surface area (Å²) >= 11 is 5.98. The highest BCUT2D eigenvalue weighted by Crippen LogP contribution is 2.30. The molecule has 1 fully saturated rings. The Balaban J connectivity index is 1.85. The highest BCUT2D eigenvalue weighted by Gasteiger charge is 2.31. The molecule has 136 valence electrons. The van der Waals surface area contributed by atoms with Crippen LogP contribution in [0.25, 0.3) is 0 Å². The van der Waals surface area contributed by atoms with Gasteiger partial charge in [-0.15, -0.1) is 0 Å². The molecule has 0 spiro atoms. The Hall–Kier alpha value is -1.37. The Morgan fingerprint density at radius 3 is 2.56 bits per heavy atom. The van der Waals surface area contributed by atoms with Crippen LogP contribution in [0.2, 0.25) is 5.02 Å². The van der Waals surface area contributed by atoms with E-state index in [-0.39, 0.29) is 17.0 Å². The van der Waals surface area contributed by atoms with E-state index in [1.165, 1.54) is 0 Å². The van der Waals surface area contributed by atoms with E-state index < -0.39 is 10.0 Å². The van der Waals surface area contributed by atoms with Gasteiger partial charge in [0.15, 0.2) is 5.03 Å². The summed E-state index contributed by atoms with van der Waals surface area (Å²) in [5.41, 5.74) is 1.14. The number of nitrogens with zero attached hydrogens (tertiary/aromatic N) is 3. The fraction of sp³-hybridized carbons (Fsp3) is 0.500. The summed E-state index contributed by atoms with van der Waals surface area (Å²) in [7, 11) is -3.57. The molecule has 0 amide bonds. The molecule has 1 saturated heterocycles. The Labute approximate surface area is 154 Å². The van der Waals surface area contributed by atoms with Crippen molar-refractivity contribution >= 4 is 21.6 Å². The zero-order valence-corrected chi connectivity index (χ0v) is 16.2. The lowest BCUT2D eigenvalue weighted by molar-refractivity contribution is 0.404. The van der Waals surface area contributed by atoms with Crippen molar-refractivity contribution in [2.45, 2.75) is 50.1 Å². The zero-order valence-electron chi connectivity index (χ0n) is 14.6. The van der Waals surface area contributed by atoms with Gasteiger partial charge in [-0.3, -0.25) is 0 Å². The molecular weight excluding hydrogens is 358 g/mol. The third-order valence-corrected chi connectivity index (χ3v) is 6.76.